The summed E-state index contributed by atoms with van der Waals surface area (Å²) in [6.07, 6.45) is 0.0535. The Morgan fingerprint density at radius 2 is 1.96 bits per heavy atom. The van der Waals surface area contributed by atoms with Crippen LogP contribution in [0, 0.1) is 0 Å². The van der Waals surface area contributed by atoms with Gasteiger partial charge in [-0.05, 0) is 39.3 Å². The molecular formula is C19H23N3O5. The topological polar surface area (TPSA) is 96.0 Å². The number of carbonyl (C=O) groups is 4. The molecule has 0 aliphatic carbocycles. The predicted molar refractivity (Wildman–Crippen MR) is 98.0 cm³/mol. The first-order chi connectivity index (χ1) is 12.7. The maximum Gasteiger partial charge on any atom is 0.326 e. The lowest BCUT2D eigenvalue weighted by atomic mass is 9.95. The van der Waals surface area contributed by atoms with E-state index in [1.54, 1.807) is 38.1 Å². The van der Waals surface area contributed by atoms with Crippen LogP contribution in [0.5, 0.6) is 0 Å². The first kappa shape index (κ1) is 18.9. The summed E-state index contributed by atoms with van der Waals surface area (Å²) in [5.74, 6) is -1.55. The molecule has 1 aromatic carbocycles. The van der Waals surface area contributed by atoms with Gasteiger partial charge in [-0.25, -0.2) is 0 Å². The number of nitrogens with one attached hydrogen (secondary N) is 1. The molecule has 1 aromatic rings. The Balaban J connectivity index is 1.76. The first-order valence-corrected chi connectivity index (χ1v) is 8.93. The Kier molecular flexibility index (Phi) is 4.91. The Morgan fingerprint density at radius 1 is 1.26 bits per heavy atom. The van der Waals surface area contributed by atoms with E-state index in [0.717, 1.165) is 0 Å². The summed E-state index contributed by atoms with van der Waals surface area (Å²) in [5.41, 5.74) is -0.0714. The molecule has 8 heteroatoms. The summed E-state index contributed by atoms with van der Waals surface area (Å²) in [5, 5.41) is 2.78. The van der Waals surface area contributed by atoms with Crippen molar-refractivity contribution in [2.45, 2.75) is 45.3 Å². The molecule has 0 aromatic heterocycles. The molecule has 144 valence electrons. The van der Waals surface area contributed by atoms with E-state index in [2.05, 4.69) is 5.32 Å². The molecule has 1 N–H and O–H groups in total. The van der Waals surface area contributed by atoms with Crippen molar-refractivity contribution in [1.82, 2.24) is 4.90 Å². The third-order valence-corrected chi connectivity index (χ3v) is 4.88. The highest BCUT2D eigenvalue weighted by Crippen LogP contribution is 2.37. The number of carbonyl (C=O) groups excluding carboxylic acids is 4. The van der Waals surface area contributed by atoms with Crippen LogP contribution in [0.25, 0.3) is 0 Å². The predicted octanol–water partition coefficient (Wildman–Crippen LogP) is 1.30. The highest BCUT2D eigenvalue weighted by Gasteiger charge is 2.45. The molecule has 1 fully saturated rings. The Hall–Kier alpha value is -2.90. The third-order valence-electron chi connectivity index (χ3n) is 4.88. The summed E-state index contributed by atoms with van der Waals surface area (Å²) in [6, 6.07) is 6.96. The van der Waals surface area contributed by atoms with Gasteiger partial charge >= 0.3 is 5.97 Å². The molecule has 0 saturated carbocycles. The minimum Gasteiger partial charge on any atom is -0.451 e. The van der Waals surface area contributed by atoms with Gasteiger partial charge < -0.3 is 15.0 Å². The highest BCUT2D eigenvalue weighted by atomic mass is 16.5. The summed E-state index contributed by atoms with van der Waals surface area (Å²) in [6.45, 7) is 5.08. The largest absolute Gasteiger partial charge is 0.451 e. The summed E-state index contributed by atoms with van der Waals surface area (Å²) < 4.78 is 5.26. The lowest BCUT2D eigenvalue weighted by molar-refractivity contribution is -0.156. The van der Waals surface area contributed by atoms with Gasteiger partial charge in [-0.2, -0.15) is 0 Å². The molecule has 1 atom stereocenters. The van der Waals surface area contributed by atoms with Crippen molar-refractivity contribution >= 4 is 35.1 Å². The van der Waals surface area contributed by atoms with Crippen molar-refractivity contribution < 1.29 is 23.9 Å². The van der Waals surface area contributed by atoms with Gasteiger partial charge in [0.2, 0.25) is 11.8 Å². The summed E-state index contributed by atoms with van der Waals surface area (Å²) in [4.78, 5) is 52.1. The van der Waals surface area contributed by atoms with Gasteiger partial charge in [0.25, 0.3) is 5.91 Å². The van der Waals surface area contributed by atoms with E-state index in [-0.39, 0.29) is 18.4 Å². The van der Waals surface area contributed by atoms with Crippen molar-refractivity contribution in [1.29, 1.82) is 0 Å². The minimum absolute atomic E-state index is 0.0892. The zero-order valence-electron chi connectivity index (χ0n) is 15.7. The van der Waals surface area contributed by atoms with Crippen LogP contribution in [-0.4, -0.2) is 53.3 Å². The molecule has 0 bridgehead atoms. The maximum atomic E-state index is 13.0. The minimum atomic E-state index is -1.14. The van der Waals surface area contributed by atoms with Crippen LogP contribution >= 0.6 is 0 Å². The summed E-state index contributed by atoms with van der Waals surface area (Å²) >= 11 is 0. The number of nitrogens with zero attached hydrogens (tertiary/aromatic N) is 2. The van der Waals surface area contributed by atoms with Crippen LogP contribution in [0.2, 0.25) is 0 Å². The third kappa shape index (κ3) is 3.51. The molecule has 0 spiro atoms. The Labute approximate surface area is 157 Å². The molecule has 3 rings (SSSR count). The molecule has 2 heterocycles. The summed E-state index contributed by atoms with van der Waals surface area (Å²) in [7, 11) is 0. The van der Waals surface area contributed by atoms with Crippen LogP contribution in [-0.2, 0) is 23.9 Å². The number of hydrogen-bond donors (Lipinski definition) is 1. The molecule has 2 aliphatic rings. The van der Waals surface area contributed by atoms with E-state index in [0.29, 0.717) is 30.8 Å². The number of hydrogen-bond acceptors (Lipinski definition) is 5. The Morgan fingerprint density at radius 3 is 2.63 bits per heavy atom. The van der Waals surface area contributed by atoms with E-state index >= 15 is 0 Å². The second-order valence-electron chi connectivity index (χ2n) is 7.25. The van der Waals surface area contributed by atoms with Crippen molar-refractivity contribution in [2.75, 3.05) is 23.3 Å². The number of amides is 3. The van der Waals surface area contributed by atoms with Gasteiger partial charge in [0.05, 0.1) is 11.4 Å². The number of likely N-dealkylation sites (tertiary alicyclic amines) is 1. The second-order valence-corrected chi connectivity index (χ2v) is 7.25. The highest BCUT2D eigenvalue weighted by molar-refractivity contribution is 6.15. The number of benzene rings is 1. The number of fused-ring (bicyclic) bond motifs is 1. The number of rotatable bonds is 4. The molecule has 27 heavy (non-hydrogen) atoms. The number of ether oxygens (including phenoxy) is 1. The molecule has 1 saturated heterocycles. The average Bonchev–Trinajstić information content (AvgIpc) is 3.00. The normalized spacial score (nSPS) is 19.4. The van der Waals surface area contributed by atoms with Gasteiger partial charge in [-0.3, -0.25) is 24.1 Å². The zero-order valence-corrected chi connectivity index (χ0v) is 15.7. The first-order valence-electron chi connectivity index (χ1n) is 8.93. The lowest BCUT2D eigenvalue weighted by Crippen LogP contribution is -2.60. The van der Waals surface area contributed by atoms with Gasteiger partial charge in [-0.1, -0.05) is 12.1 Å². The lowest BCUT2D eigenvalue weighted by Gasteiger charge is -2.42. The fourth-order valence-electron chi connectivity index (χ4n) is 3.34. The number of para-hydroxylation sites is 2. The van der Waals surface area contributed by atoms with Crippen molar-refractivity contribution in [3.63, 3.8) is 0 Å². The SMILES string of the molecule is C[C@@H](OC(=O)CN1CCCC1=O)C(=O)N1c2ccccc2NC(=O)C1(C)C. The van der Waals surface area contributed by atoms with Crippen molar-refractivity contribution in [3.8, 4) is 0 Å². The van der Waals surface area contributed by atoms with Crippen LogP contribution < -0.4 is 10.2 Å². The molecule has 2 aliphatic heterocycles. The quantitative estimate of drug-likeness (QED) is 0.803. The second kappa shape index (κ2) is 7.02. The fourth-order valence-corrected chi connectivity index (χ4v) is 3.34. The molecule has 0 unspecified atom stereocenters. The van der Waals surface area contributed by atoms with Gasteiger partial charge in [0.1, 0.15) is 12.1 Å². The van der Waals surface area contributed by atoms with Crippen LogP contribution in [0.1, 0.15) is 33.6 Å². The smallest absolute Gasteiger partial charge is 0.326 e. The van der Waals surface area contributed by atoms with Crippen LogP contribution in [0.3, 0.4) is 0 Å². The van der Waals surface area contributed by atoms with Crippen molar-refractivity contribution in [3.05, 3.63) is 24.3 Å². The zero-order chi connectivity index (χ0) is 19.8. The van der Waals surface area contributed by atoms with E-state index in [1.165, 1.54) is 16.7 Å². The van der Waals surface area contributed by atoms with Crippen molar-refractivity contribution in [2.24, 2.45) is 0 Å². The monoisotopic (exact) mass is 373 g/mol. The molecule has 3 amide bonds. The van der Waals surface area contributed by atoms with E-state index < -0.39 is 23.5 Å². The van der Waals surface area contributed by atoms with Gasteiger partial charge in [0.15, 0.2) is 6.10 Å². The van der Waals surface area contributed by atoms with Crippen LogP contribution in [0.4, 0.5) is 11.4 Å². The standard InChI is InChI=1S/C19H23N3O5/c1-12(27-16(24)11-21-10-6-9-15(21)23)17(25)22-14-8-5-4-7-13(14)20-18(26)19(22,2)3/h4-5,7-8,12H,6,9-11H2,1-3H3,(H,20,26)/t12-/m1/s1. The maximum absolute atomic E-state index is 13.0. The van der Waals surface area contributed by atoms with E-state index in [9.17, 15) is 19.2 Å². The molecule has 8 nitrogen and oxygen atoms in total. The Bertz CT molecular complexity index is 804. The fraction of sp³-hybridized carbons (Fsp3) is 0.474. The molecular weight excluding hydrogens is 350 g/mol. The number of anilines is 2. The average molecular weight is 373 g/mol. The van der Waals surface area contributed by atoms with E-state index in [4.69, 9.17) is 4.74 Å². The number of esters is 1. The van der Waals surface area contributed by atoms with Gasteiger partial charge in [-0.15, -0.1) is 0 Å². The van der Waals surface area contributed by atoms with Crippen LogP contribution in [0.15, 0.2) is 24.3 Å². The van der Waals surface area contributed by atoms with Gasteiger partial charge in [0, 0.05) is 13.0 Å². The van der Waals surface area contributed by atoms with E-state index in [1.807, 2.05) is 0 Å². The molecule has 0 radical (unpaired) electrons.